The fourth-order valence-electron chi connectivity index (χ4n) is 2.41. The van der Waals surface area contributed by atoms with Crippen LogP contribution in [0.1, 0.15) is 22.8 Å². The predicted octanol–water partition coefficient (Wildman–Crippen LogP) is 4.07. The molecule has 0 aliphatic rings. The van der Waals surface area contributed by atoms with Gasteiger partial charge in [0.15, 0.2) is 6.61 Å². The van der Waals surface area contributed by atoms with Crippen molar-refractivity contribution < 1.29 is 23.5 Å². The summed E-state index contributed by atoms with van der Waals surface area (Å²) in [5.74, 6) is -0.00271. The topological polar surface area (TPSA) is 102 Å². The van der Waals surface area contributed by atoms with Gasteiger partial charge in [-0.1, -0.05) is 0 Å². The summed E-state index contributed by atoms with van der Waals surface area (Å²) in [7, 11) is 0. The zero-order chi connectivity index (χ0) is 19.9. The first-order chi connectivity index (χ1) is 13.6. The Hall–Kier alpha value is -3.57. The van der Waals surface area contributed by atoms with Crippen LogP contribution >= 0.6 is 11.3 Å². The van der Waals surface area contributed by atoms with E-state index >= 15 is 0 Å². The van der Waals surface area contributed by atoms with E-state index in [0.29, 0.717) is 27.6 Å². The van der Waals surface area contributed by atoms with Gasteiger partial charge in [-0.15, -0.1) is 11.3 Å². The highest BCUT2D eigenvalue weighted by molar-refractivity contribution is 7.15. The zero-order valence-corrected chi connectivity index (χ0v) is 15.7. The molecule has 28 heavy (non-hydrogen) atoms. The highest BCUT2D eigenvalue weighted by Gasteiger charge is 2.24. The number of rotatable bonds is 7. The third-order valence-electron chi connectivity index (χ3n) is 3.66. The molecule has 0 aliphatic heterocycles. The van der Waals surface area contributed by atoms with Crippen molar-refractivity contribution in [3.63, 3.8) is 0 Å². The zero-order valence-electron chi connectivity index (χ0n) is 14.9. The highest BCUT2D eigenvalue weighted by Crippen LogP contribution is 2.36. The molecule has 7 nitrogen and oxygen atoms in total. The van der Waals surface area contributed by atoms with E-state index in [1.807, 2.05) is 6.07 Å². The van der Waals surface area contributed by atoms with Crippen molar-refractivity contribution in [3.8, 4) is 23.1 Å². The molecule has 0 atom stereocenters. The van der Waals surface area contributed by atoms with E-state index in [4.69, 9.17) is 19.2 Å². The summed E-state index contributed by atoms with van der Waals surface area (Å²) in [5.41, 5.74) is 1.30. The molecular formula is C20H16N2O5S. The third-order valence-corrected chi connectivity index (χ3v) is 4.56. The number of hydrogen-bond donors (Lipinski definition) is 1. The standard InChI is InChI=1S/C20H16N2O5S/c1-2-25-20(24)18-15(16-4-3-9-26-16)12-28-19(18)22-17(23)11-27-14-7-5-13(10-21)6-8-14/h3-9,12H,2,11H2,1H3,(H,22,23). The molecule has 0 bridgehead atoms. The smallest absolute Gasteiger partial charge is 0.341 e. The molecule has 1 N–H and O–H groups in total. The summed E-state index contributed by atoms with van der Waals surface area (Å²) >= 11 is 1.20. The molecule has 0 unspecified atom stereocenters. The quantitative estimate of drug-likeness (QED) is 0.604. The molecule has 0 saturated carbocycles. The average molecular weight is 396 g/mol. The maximum absolute atomic E-state index is 12.4. The van der Waals surface area contributed by atoms with Crippen LogP contribution in [0.3, 0.4) is 0 Å². The Morgan fingerprint density at radius 1 is 1.25 bits per heavy atom. The number of nitrogens with one attached hydrogen (secondary N) is 1. The maximum Gasteiger partial charge on any atom is 0.341 e. The molecule has 8 heteroatoms. The van der Waals surface area contributed by atoms with Gasteiger partial charge >= 0.3 is 5.97 Å². The summed E-state index contributed by atoms with van der Waals surface area (Å²) in [6.07, 6.45) is 1.51. The molecule has 0 aliphatic carbocycles. The number of carbonyl (C=O) groups is 2. The SMILES string of the molecule is CCOC(=O)c1c(-c2ccco2)csc1NC(=O)COc1ccc(C#N)cc1. The van der Waals surface area contributed by atoms with Crippen molar-refractivity contribution in [2.75, 3.05) is 18.5 Å². The Kier molecular flexibility index (Phi) is 6.09. The van der Waals surface area contributed by atoms with E-state index in [-0.39, 0.29) is 18.8 Å². The fraction of sp³-hybridized carbons (Fsp3) is 0.150. The van der Waals surface area contributed by atoms with Crippen molar-refractivity contribution >= 4 is 28.2 Å². The van der Waals surface area contributed by atoms with E-state index in [2.05, 4.69) is 5.32 Å². The minimum Gasteiger partial charge on any atom is -0.484 e. The number of benzene rings is 1. The van der Waals surface area contributed by atoms with Gasteiger partial charge in [0, 0.05) is 10.9 Å². The van der Waals surface area contributed by atoms with Gasteiger partial charge in [-0.3, -0.25) is 4.79 Å². The van der Waals surface area contributed by atoms with Gasteiger partial charge < -0.3 is 19.2 Å². The first-order valence-corrected chi connectivity index (χ1v) is 9.25. The van der Waals surface area contributed by atoms with Crippen LogP contribution in [0.4, 0.5) is 5.00 Å². The molecule has 0 radical (unpaired) electrons. The molecule has 2 heterocycles. The number of carbonyl (C=O) groups excluding carboxylic acids is 2. The first-order valence-electron chi connectivity index (χ1n) is 8.37. The molecule has 0 saturated heterocycles. The van der Waals surface area contributed by atoms with Crippen LogP contribution in [-0.4, -0.2) is 25.1 Å². The van der Waals surface area contributed by atoms with E-state index in [1.54, 1.807) is 48.7 Å². The minimum absolute atomic E-state index is 0.210. The first kappa shape index (κ1) is 19.2. The molecular weight excluding hydrogens is 380 g/mol. The molecule has 3 rings (SSSR count). The van der Waals surface area contributed by atoms with E-state index < -0.39 is 11.9 Å². The van der Waals surface area contributed by atoms with Crippen LogP contribution in [0.5, 0.6) is 5.75 Å². The lowest BCUT2D eigenvalue weighted by Gasteiger charge is -2.09. The van der Waals surface area contributed by atoms with Crippen LogP contribution in [0.15, 0.2) is 52.5 Å². The van der Waals surface area contributed by atoms with Crippen LogP contribution in [0.25, 0.3) is 11.3 Å². The number of nitriles is 1. The van der Waals surface area contributed by atoms with E-state index in [9.17, 15) is 9.59 Å². The molecule has 1 amide bonds. The number of anilines is 1. The molecule has 0 fully saturated rings. The van der Waals surface area contributed by atoms with Gasteiger partial charge in [0.25, 0.3) is 5.91 Å². The lowest BCUT2D eigenvalue weighted by molar-refractivity contribution is -0.118. The number of ether oxygens (including phenoxy) is 2. The summed E-state index contributed by atoms with van der Waals surface area (Å²) in [6, 6.07) is 11.9. The number of nitrogens with zero attached hydrogens (tertiary/aromatic N) is 1. The van der Waals surface area contributed by atoms with Gasteiger partial charge in [0.05, 0.1) is 24.5 Å². The lowest BCUT2D eigenvalue weighted by Crippen LogP contribution is -2.21. The van der Waals surface area contributed by atoms with Gasteiger partial charge in [0.1, 0.15) is 22.1 Å². The van der Waals surface area contributed by atoms with E-state index in [0.717, 1.165) is 0 Å². The van der Waals surface area contributed by atoms with Gasteiger partial charge in [-0.2, -0.15) is 5.26 Å². The summed E-state index contributed by atoms with van der Waals surface area (Å²) < 4.78 is 15.9. The molecule has 2 aromatic heterocycles. The minimum atomic E-state index is -0.543. The second-order valence-corrected chi connectivity index (χ2v) is 6.40. The summed E-state index contributed by atoms with van der Waals surface area (Å²) in [6.45, 7) is 1.67. The lowest BCUT2D eigenvalue weighted by atomic mass is 10.1. The molecule has 142 valence electrons. The normalized spacial score (nSPS) is 10.1. The monoisotopic (exact) mass is 396 g/mol. The van der Waals surface area contributed by atoms with Gasteiger partial charge in [0.2, 0.25) is 0 Å². The van der Waals surface area contributed by atoms with Gasteiger partial charge in [-0.05, 0) is 43.3 Å². The molecule has 0 spiro atoms. The second kappa shape index (κ2) is 8.88. The fourth-order valence-corrected chi connectivity index (χ4v) is 3.36. The van der Waals surface area contributed by atoms with Crippen LogP contribution < -0.4 is 10.1 Å². The summed E-state index contributed by atoms with van der Waals surface area (Å²) in [5, 5.41) is 13.6. The summed E-state index contributed by atoms with van der Waals surface area (Å²) in [4.78, 5) is 24.7. The van der Waals surface area contributed by atoms with Crippen LogP contribution in [-0.2, 0) is 9.53 Å². The largest absolute Gasteiger partial charge is 0.484 e. The number of hydrogen-bond acceptors (Lipinski definition) is 7. The Balaban J connectivity index is 1.72. The van der Waals surface area contributed by atoms with Gasteiger partial charge in [-0.25, -0.2) is 4.79 Å². The molecule has 1 aromatic carbocycles. The van der Waals surface area contributed by atoms with Crippen molar-refractivity contribution in [2.24, 2.45) is 0 Å². The number of furan rings is 1. The van der Waals surface area contributed by atoms with Crippen LogP contribution in [0, 0.1) is 11.3 Å². The Morgan fingerprint density at radius 3 is 2.68 bits per heavy atom. The van der Waals surface area contributed by atoms with Crippen molar-refractivity contribution in [1.29, 1.82) is 5.26 Å². The van der Waals surface area contributed by atoms with Crippen molar-refractivity contribution in [1.82, 2.24) is 0 Å². The Bertz CT molecular complexity index is 1000. The highest BCUT2D eigenvalue weighted by atomic mass is 32.1. The predicted molar refractivity (Wildman–Crippen MR) is 103 cm³/mol. The number of amides is 1. The van der Waals surface area contributed by atoms with E-state index in [1.165, 1.54) is 17.6 Å². The van der Waals surface area contributed by atoms with Crippen LogP contribution in [0.2, 0.25) is 0 Å². The third kappa shape index (κ3) is 4.39. The number of thiophene rings is 1. The average Bonchev–Trinajstić information content (AvgIpc) is 3.36. The Labute approximate surface area is 165 Å². The maximum atomic E-state index is 12.4. The van der Waals surface area contributed by atoms with Crippen molar-refractivity contribution in [3.05, 3.63) is 59.2 Å². The van der Waals surface area contributed by atoms with Crippen molar-refractivity contribution in [2.45, 2.75) is 6.92 Å². The number of esters is 1. The Morgan fingerprint density at radius 2 is 2.04 bits per heavy atom. The second-order valence-electron chi connectivity index (χ2n) is 5.52. The molecule has 3 aromatic rings.